The summed E-state index contributed by atoms with van der Waals surface area (Å²) >= 11 is 0. The quantitative estimate of drug-likeness (QED) is 0.284. The van der Waals surface area contributed by atoms with Gasteiger partial charge in [0.1, 0.15) is 0 Å². The highest BCUT2D eigenvalue weighted by Gasteiger charge is 2.53. The summed E-state index contributed by atoms with van der Waals surface area (Å²) < 4.78 is 45.8. The van der Waals surface area contributed by atoms with Gasteiger partial charge in [0, 0.05) is 32.0 Å². The van der Waals surface area contributed by atoms with E-state index in [4.69, 9.17) is 4.74 Å². The van der Waals surface area contributed by atoms with Gasteiger partial charge in [-0.2, -0.15) is 0 Å². The first-order valence-electron chi connectivity index (χ1n) is 9.02. The molecule has 3 fully saturated rings. The van der Waals surface area contributed by atoms with Crippen LogP contribution in [0, 0.1) is 29.3 Å². The molecule has 6 nitrogen and oxygen atoms in total. The molecule has 2 bridgehead atoms. The van der Waals surface area contributed by atoms with Crippen molar-refractivity contribution in [1.29, 1.82) is 0 Å². The maximum Gasteiger partial charge on any atom is 0.243 e. The molecule has 1 aromatic rings. The molecule has 3 aliphatic rings. The molecule has 3 heterocycles. The van der Waals surface area contributed by atoms with Crippen molar-refractivity contribution in [3.05, 3.63) is 29.6 Å². The number of aliphatic imine (C=N–C) groups is 1. The van der Waals surface area contributed by atoms with E-state index in [0.29, 0.717) is 30.0 Å². The van der Waals surface area contributed by atoms with Crippen molar-refractivity contribution in [1.82, 2.24) is 10.2 Å². The van der Waals surface area contributed by atoms with Crippen LogP contribution in [-0.2, 0) is 9.53 Å². The third-order valence-electron chi connectivity index (χ3n) is 5.68. The van der Waals surface area contributed by atoms with Gasteiger partial charge >= 0.3 is 0 Å². The lowest BCUT2D eigenvalue weighted by atomic mass is 9.82. The zero-order valence-electron chi connectivity index (χ0n) is 15.3. The molecule has 28 heavy (non-hydrogen) atoms. The number of nitrogens with one attached hydrogen (secondary N) is 2. The number of rotatable bonds is 3. The Kier molecular flexibility index (Phi) is 6.37. The van der Waals surface area contributed by atoms with Gasteiger partial charge in [-0.15, -0.1) is 24.0 Å². The summed E-state index contributed by atoms with van der Waals surface area (Å²) in [5, 5.41) is 5.18. The number of carbonyl (C=O) groups is 1. The van der Waals surface area contributed by atoms with Crippen molar-refractivity contribution in [2.75, 3.05) is 32.0 Å². The smallest absolute Gasteiger partial charge is 0.243 e. The summed E-state index contributed by atoms with van der Waals surface area (Å²) in [4.78, 5) is 18.4. The Morgan fingerprint density at radius 1 is 1.18 bits per heavy atom. The number of carbonyl (C=O) groups excluding carboxylic acids is 1. The summed E-state index contributed by atoms with van der Waals surface area (Å²) in [6.45, 7) is 1.48. The molecule has 1 aromatic carbocycles. The number of nitrogens with zero attached hydrogens (tertiary/aromatic N) is 2. The van der Waals surface area contributed by atoms with Crippen LogP contribution in [0.1, 0.15) is 12.8 Å². The summed E-state index contributed by atoms with van der Waals surface area (Å²) in [6.07, 6.45) is 2.85. The minimum Gasteiger partial charge on any atom is -0.374 e. The maximum atomic E-state index is 13.7. The minimum atomic E-state index is -1.61. The van der Waals surface area contributed by atoms with Gasteiger partial charge < -0.3 is 20.3 Å². The molecule has 3 saturated heterocycles. The summed E-state index contributed by atoms with van der Waals surface area (Å²) in [5.41, 5.74) is -0.403. The Morgan fingerprint density at radius 2 is 1.82 bits per heavy atom. The molecule has 0 aliphatic carbocycles. The zero-order chi connectivity index (χ0) is 19.1. The van der Waals surface area contributed by atoms with Gasteiger partial charge in [0.2, 0.25) is 5.91 Å². The average Bonchev–Trinajstić information content (AvgIpc) is 3.36. The van der Waals surface area contributed by atoms with E-state index in [1.165, 1.54) is 0 Å². The number of benzene rings is 1. The van der Waals surface area contributed by atoms with Crippen LogP contribution in [-0.4, -0.2) is 55.7 Å². The normalized spacial score (nSPS) is 28.1. The highest BCUT2D eigenvalue weighted by molar-refractivity contribution is 14.0. The monoisotopic (exact) mass is 510 g/mol. The number of anilines is 1. The molecule has 0 aromatic heterocycles. The highest BCUT2D eigenvalue weighted by Crippen LogP contribution is 2.47. The minimum absolute atomic E-state index is 0. The van der Waals surface area contributed by atoms with Crippen molar-refractivity contribution in [2.24, 2.45) is 16.8 Å². The van der Waals surface area contributed by atoms with Crippen molar-refractivity contribution in [3.63, 3.8) is 0 Å². The Balaban J connectivity index is 0.00000225. The molecular formula is C18H22F3IN4O2. The van der Waals surface area contributed by atoms with Gasteiger partial charge in [-0.1, -0.05) is 0 Å². The second-order valence-electron chi connectivity index (χ2n) is 7.19. The average molecular weight is 510 g/mol. The third kappa shape index (κ3) is 3.80. The number of likely N-dealkylation sites (tertiary alicyclic amines) is 1. The largest absolute Gasteiger partial charge is 0.374 e. The molecule has 10 heteroatoms. The van der Waals surface area contributed by atoms with Gasteiger partial charge in [0.05, 0.1) is 24.4 Å². The van der Waals surface area contributed by atoms with Crippen LogP contribution in [0.15, 0.2) is 17.1 Å². The van der Waals surface area contributed by atoms with E-state index in [0.717, 1.165) is 38.1 Å². The van der Waals surface area contributed by atoms with Gasteiger partial charge in [-0.25, -0.2) is 13.2 Å². The number of hydrogen-bond donors (Lipinski definition) is 2. The first-order chi connectivity index (χ1) is 13.0. The number of fused-ring (bicyclic) bond motifs is 5. The highest BCUT2D eigenvalue weighted by atomic mass is 127. The van der Waals surface area contributed by atoms with Gasteiger partial charge in [0.15, 0.2) is 23.4 Å². The molecule has 3 aliphatic heterocycles. The lowest BCUT2D eigenvalue weighted by Crippen LogP contribution is -2.44. The fourth-order valence-corrected chi connectivity index (χ4v) is 4.44. The van der Waals surface area contributed by atoms with E-state index in [2.05, 4.69) is 20.5 Å². The van der Waals surface area contributed by atoms with E-state index in [1.54, 1.807) is 7.05 Å². The molecule has 4 rings (SSSR count). The maximum absolute atomic E-state index is 13.7. The Bertz CT molecular complexity index is 776. The molecule has 0 saturated carbocycles. The number of hydrogen-bond acceptors (Lipinski definition) is 3. The van der Waals surface area contributed by atoms with Gasteiger partial charge in [-0.05, 0) is 25.0 Å². The molecule has 4 atom stereocenters. The van der Waals surface area contributed by atoms with E-state index in [1.807, 2.05) is 0 Å². The van der Waals surface area contributed by atoms with Gasteiger partial charge in [0.25, 0.3) is 0 Å². The fourth-order valence-electron chi connectivity index (χ4n) is 4.44. The predicted octanol–water partition coefficient (Wildman–Crippen LogP) is 2.35. The van der Waals surface area contributed by atoms with Crippen LogP contribution < -0.4 is 10.6 Å². The lowest BCUT2D eigenvalue weighted by Gasteiger charge is -2.23. The third-order valence-corrected chi connectivity index (χ3v) is 5.68. The van der Waals surface area contributed by atoms with Crippen LogP contribution in [0.3, 0.4) is 0 Å². The number of ether oxygens (including phenoxy) is 1. The SMILES string of the molecule is CN=C(NCC(=O)Nc1ccc(F)c(F)c1F)N1CC2C3CCC(O3)C2C1.I. The summed E-state index contributed by atoms with van der Waals surface area (Å²) in [7, 11) is 1.63. The Hall–Kier alpha value is -1.56. The summed E-state index contributed by atoms with van der Waals surface area (Å²) in [6, 6.07) is 1.75. The van der Waals surface area contributed by atoms with Crippen molar-refractivity contribution in [2.45, 2.75) is 25.0 Å². The molecule has 154 valence electrons. The van der Waals surface area contributed by atoms with E-state index in [-0.39, 0.29) is 30.5 Å². The predicted molar refractivity (Wildman–Crippen MR) is 108 cm³/mol. The van der Waals surface area contributed by atoms with Crippen molar-refractivity contribution >= 4 is 41.5 Å². The van der Waals surface area contributed by atoms with Crippen LogP contribution in [0.4, 0.5) is 18.9 Å². The van der Waals surface area contributed by atoms with Crippen LogP contribution in [0.5, 0.6) is 0 Å². The van der Waals surface area contributed by atoms with E-state index >= 15 is 0 Å². The number of amides is 1. The second kappa shape index (κ2) is 8.44. The van der Waals surface area contributed by atoms with Crippen LogP contribution in [0.2, 0.25) is 0 Å². The van der Waals surface area contributed by atoms with Crippen LogP contribution >= 0.6 is 24.0 Å². The first kappa shape index (κ1) is 21.2. The molecular weight excluding hydrogens is 488 g/mol. The first-order valence-corrected chi connectivity index (χ1v) is 9.02. The summed E-state index contributed by atoms with van der Waals surface area (Å²) in [5.74, 6) is -3.34. The fraction of sp³-hybridized carbons (Fsp3) is 0.556. The second-order valence-corrected chi connectivity index (χ2v) is 7.19. The Labute approximate surface area is 177 Å². The number of halogens is 4. The standard InChI is InChI=1S/C18H21F3N4O2.HI/c1-22-18(25-7-9-10(8-25)14-5-4-13(9)27-14)23-6-15(26)24-12-3-2-11(19)16(20)17(12)21;/h2-3,9-10,13-14H,4-8H2,1H3,(H,22,23)(H,24,26);1H. The molecule has 0 spiro atoms. The molecule has 0 radical (unpaired) electrons. The zero-order valence-corrected chi connectivity index (χ0v) is 17.6. The van der Waals surface area contributed by atoms with Gasteiger partial charge in [-0.3, -0.25) is 9.79 Å². The van der Waals surface area contributed by atoms with Crippen molar-refractivity contribution < 1.29 is 22.7 Å². The van der Waals surface area contributed by atoms with E-state index in [9.17, 15) is 18.0 Å². The topological polar surface area (TPSA) is 66.0 Å². The lowest BCUT2D eigenvalue weighted by molar-refractivity contribution is -0.115. The van der Waals surface area contributed by atoms with Crippen LogP contribution in [0.25, 0.3) is 0 Å². The molecule has 2 N–H and O–H groups in total. The Morgan fingerprint density at radius 3 is 2.43 bits per heavy atom. The molecule has 4 unspecified atom stereocenters. The number of guanidine groups is 1. The molecule has 1 amide bonds. The van der Waals surface area contributed by atoms with Crippen molar-refractivity contribution in [3.8, 4) is 0 Å². The van der Waals surface area contributed by atoms with E-state index < -0.39 is 29.0 Å².